The summed E-state index contributed by atoms with van der Waals surface area (Å²) in [6.45, 7) is 0. The van der Waals surface area contributed by atoms with Crippen molar-refractivity contribution in [1.29, 1.82) is 0 Å². The third kappa shape index (κ3) is 5.31. The van der Waals surface area contributed by atoms with Crippen LogP contribution in [0.15, 0.2) is 223 Å². The van der Waals surface area contributed by atoms with Crippen molar-refractivity contribution in [3.8, 4) is 55.6 Å². The number of aryl methyl sites for hydroxylation is 1. The van der Waals surface area contributed by atoms with E-state index in [2.05, 4.69) is 229 Å². The van der Waals surface area contributed by atoms with Gasteiger partial charge in [-0.3, -0.25) is 0 Å². The fourth-order valence-corrected chi connectivity index (χ4v) is 11.1. The summed E-state index contributed by atoms with van der Waals surface area (Å²) in [6, 6.07) is 78.1. The lowest BCUT2D eigenvalue weighted by Crippen LogP contribution is -2.25. The first kappa shape index (κ1) is 35.8. The summed E-state index contributed by atoms with van der Waals surface area (Å²) >= 11 is 0. The number of anilines is 3. The molecule has 0 fully saturated rings. The summed E-state index contributed by atoms with van der Waals surface area (Å²) in [5, 5.41) is 1.28. The number of furan rings is 1. The van der Waals surface area contributed by atoms with E-state index in [1.165, 1.54) is 88.8 Å². The van der Waals surface area contributed by atoms with Crippen molar-refractivity contribution in [1.82, 2.24) is 0 Å². The van der Waals surface area contributed by atoms with Gasteiger partial charge in [0.1, 0.15) is 11.3 Å². The van der Waals surface area contributed by atoms with Crippen LogP contribution in [0.2, 0.25) is 0 Å². The van der Waals surface area contributed by atoms with Gasteiger partial charge in [-0.25, -0.2) is 0 Å². The fraction of sp³-hybridized carbons (Fsp3) is 0.0492. The van der Waals surface area contributed by atoms with Crippen LogP contribution in [0.1, 0.15) is 40.0 Å². The largest absolute Gasteiger partial charge is 0.456 e. The molecule has 1 atom stereocenters. The second-order valence-electron chi connectivity index (χ2n) is 17.0. The Morgan fingerprint density at radius 1 is 0.413 bits per heavy atom. The Morgan fingerprint density at radius 3 is 1.70 bits per heavy atom. The molecule has 3 aliphatic carbocycles. The first-order chi connectivity index (χ1) is 31.3. The molecule has 0 radical (unpaired) electrons. The van der Waals surface area contributed by atoms with Crippen molar-refractivity contribution >= 4 is 34.1 Å². The molecule has 1 aromatic heterocycles. The predicted molar refractivity (Wildman–Crippen MR) is 261 cm³/mol. The molecule has 13 rings (SSSR count). The van der Waals surface area contributed by atoms with E-state index < -0.39 is 5.41 Å². The molecule has 10 aromatic rings. The highest BCUT2D eigenvalue weighted by atomic mass is 16.3. The molecule has 0 amide bonds. The Morgan fingerprint density at radius 2 is 0.968 bits per heavy atom. The molecule has 0 N–H and O–H groups in total. The third-order valence-electron chi connectivity index (χ3n) is 13.8. The van der Waals surface area contributed by atoms with Gasteiger partial charge in [0.2, 0.25) is 0 Å². The minimum atomic E-state index is -0.458. The minimum absolute atomic E-state index is 0.458. The van der Waals surface area contributed by atoms with Gasteiger partial charge in [-0.05, 0) is 134 Å². The van der Waals surface area contributed by atoms with Gasteiger partial charge >= 0.3 is 0 Å². The fourth-order valence-electron chi connectivity index (χ4n) is 11.1. The number of allylic oxidation sites excluding steroid dienone is 1. The maximum absolute atomic E-state index is 6.54. The quantitative estimate of drug-likeness (QED) is 0.166. The lowest BCUT2D eigenvalue weighted by atomic mass is 9.70. The lowest BCUT2D eigenvalue weighted by molar-refractivity contribution is 0.595. The number of para-hydroxylation sites is 1. The molecule has 1 unspecified atom stereocenters. The van der Waals surface area contributed by atoms with Gasteiger partial charge in [-0.15, -0.1) is 0 Å². The first-order valence-corrected chi connectivity index (χ1v) is 22.1. The second kappa shape index (κ2) is 14.1. The van der Waals surface area contributed by atoms with Crippen molar-refractivity contribution < 1.29 is 4.42 Å². The Kier molecular flexibility index (Phi) is 7.98. The Balaban J connectivity index is 0.962. The molecule has 1 spiro atoms. The van der Waals surface area contributed by atoms with Crippen LogP contribution in [0.5, 0.6) is 0 Å². The smallest absolute Gasteiger partial charge is 0.135 e. The van der Waals surface area contributed by atoms with Crippen molar-refractivity contribution in [2.45, 2.75) is 18.3 Å². The summed E-state index contributed by atoms with van der Waals surface area (Å²) in [6.07, 6.45) is 6.43. The van der Waals surface area contributed by atoms with Crippen LogP contribution in [0.3, 0.4) is 0 Å². The van der Waals surface area contributed by atoms with E-state index in [-0.39, 0.29) is 0 Å². The van der Waals surface area contributed by atoms with Crippen LogP contribution in [0.25, 0.3) is 72.7 Å². The molecular weight excluding hydrogens is 763 g/mol. The van der Waals surface area contributed by atoms with Crippen molar-refractivity contribution in [3.05, 3.63) is 252 Å². The second-order valence-corrected chi connectivity index (χ2v) is 17.0. The van der Waals surface area contributed by atoms with Crippen LogP contribution in [-0.4, -0.2) is 0 Å². The molecule has 9 aromatic carbocycles. The van der Waals surface area contributed by atoms with E-state index >= 15 is 0 Å². The van der Waals surface area contributed by atoms with Crippen LogP contribution < -0.4 is 4.90 Å². The van der Waals surface area contributed by atoms with Gasteiger partial charge in [0.05, 0.1) is 11.1 Å². The van der Waals surface area contributed by atoms with Crippen molar-refractivity contribution in [2.75, 3.05) is 4.90 Å². The average Bonchev–Trinajstić information content (AvgIpc) is 3.99. The van der Waals surface area contributed by atoms with Gasteiger partial charge in [0.15, 0.2) is 0 Å². The van der Waals surface area contributed by atoms with E-state index in [0.717, 1.165) is 41.2 Å². The van der Waals surface area contributed by atoms with Crippen LogP contribution in [-0.2, 0) is 11.8 Å². The van der Waals surface area contributed by atoms with E-state index in [4.69, 9.17) is 4.42 Å². The normalized spacial score (nSPS) is 15.2. The predicted octanol–water partition coefficient (Wildman–Crippen LogP) is 16.2. The Labute approximate surface area is 367 Å². The maximum Gasteiger partial charge on any atom is 0.135 e. The summed E-state index contributed by atoms with van der Waals surface area (Å²) in [5.74, 6) is 1.01. The van der Waals surface area contributed by atoms with Crippen molar-refractivity contribution in [2.24, 2.45) is 0 Å². The molecule has 2 nitrogen and oxygen atoms in total. The van der Waals surface area contributed by atoms with Gasteiger partial charge in [0.25, 0.3) is 0 Å². The SMILES string of the molecule is C1=Cc2oc3ccc4c(c3c2CC1)-c1ccccc1C41c2ccccc2-c2ccc(-c3ccc(N(c4ccc(-c5ccccc5)cc4)c4ccccc4-c4ccccc4)cc3)cc21. The number of hydrogen-bond acceptors (Lipinski definition) is 2. The van der Waals surface area contributed by atoms with Crippen molar-refractivity contribution in [3.63, 3.8) is 0 Å². The zero-order valence-corrected chi connectivity index (χ0v) is 34.6. The molecule has 1 heterocycles. The summed E-state index contributed by atoms with van der Waals surface area (Å²) < 4.78 is 6.54. The van der Waals surface area contributed by atoms with E-state index in [0.29, 0.717) is 0 Å². The van der Waals surface area contributed by atoms with Crippen LogP contribution >= 0.6 is 0 Å². The molecule has 0 saturated carbocycles. The summed E-state index contributed by atoms with van der Waals surface area (Å²) in [5.41, 5.74) is 23.0. The Bertz CT molecular complexity index is 3430. The average molecular weight is 804 g/mol. The van der Waals surface area contributed by atoms with Gasteiger partial charge < -0.3 is 9.32 Å². The highest BCUT2D eigenvalue weighted by Crippen LogP contribution is 2.64. The first-order valence-electron chi connectivity index (χ1n) is 22.1. The topological polar surface area (TPSA) is 16.4 Å². The molecule has 296 valence electrons. The Hall–Kier alpha value is -7.94. The lowest BCUT2D eigenvalue weighted by Gasteiger charge is -2.31. The summed E-state index contributed by atoms with van der Waals surface area (Å²) in [7, 11) is 0. The van der Waals surface area contributed by atoms with E-state index in [1.54, 1.807) is 0 Å². The molecule has 3 aliphatic rings. The number of hydrogen-bond donors (Lipinski definition) is 0. The minimum Gasteiger partial charge on any atom is -0.456 e. The number of fused-ring (bicyclic) bond motifs is 14. The maximum atomic E-state index is 6.54. The standard InChI is InChI=1S/C61H41NO/c1-3-15-40(16-4-1)41-27-32-45(33-28-41)62(56-25-13-9-19-47(56)43-17-5-2-6-18-43)46-34-29-42(30-35-46)44-31-36-49-48-20-7-11-23-52(48)61(55(49)39-44)53-24-12-8-21-50(53)59-54(61)37-38-58-60(59)51-22-10-14-26-57(51)63-58/h1-9,11-21,23-39H,10,22H2. The third-order valence-corrected chi connectivity index (χ3v) is 13.8. The number of rotatable bonds is 6. The van der Waals surface area contributed by atoms with Gasteiger partial charge in [-0.1, -0.05) is 176 Å². The van der Waals surface area contributed by atoms with E-state index in [9.17, 15) is 0 Å². The van der Waals surface area contributed by atoms with Crippen LogP contribution in [0, 0.1) is 0 Å². The zero-order valence-electron chi connectivity index (χ0n) is 34.6. The molecule has 0 aliphatic heterocycles. The van der Waals surface area contributed by atoms with Gasteiger partial charge in [-0.2, -0.15) is 0 Å². The van der Waals surface area contributed by atoms with E-state index in [1.807, 2.05) is 0 Å². The summed E-state index contributed by atoms with van der Waals surface area (Å²) in [4.78, 5) is 2.40. The number of nitrogens with zero attached hydrogens (tertiary/aromatic N) is 1. The molecule has 0 bridgehead atoms. The highest BCUT2D eigenvalue weighted by Gasteiger charge is 2.52. The highest BCUT2D eigenvalue weighted by molar-refractivity contribution is 6.07. The van der Waals surface area contributed by atoms with Gasteiger partial charge in [0, 0.05) is 27.9 Å². The number of benzene rings is 9. The monoisotopic (exact) mass is 803 g/mol. The molecular formula is C61H41NO. The molecule has 2 heteroatoms. The molecule has 0 saturated heterocycles. The zero-order chi connectivity index (χ0) is 41.5. The molecule has 63 heavy (non-hydrogen) atoms. The van der Waals surface area contributed by atoms with Crippen LogP contribution in [0.4, 0.5) is 17.1 Å².